The Morgan fingerprint density at radius 3 is 2.88 bits per heavy atom. The number of ether oxygens (including phenoxy) is 1. The SMILES string of the molecule is COCCNC(=O)[C@@H]1CCCN(S(=O)(=O)c2cc(Cl)ccc2Cl)C1. The van der Waals surface area contributed by atoms with Gasteiger partial charge < -0.3 is 10.1 Å². The van der Waals surface area contributed by atoms with Gasteiger partial charge in [0.25, 0.3) is 0 Å². The molecule has 1 saturated heterocycles. The number of benzene rings is 1. The number of carbonyl (C=O) groups is 1. The maximum absolute atomic E-state index is 12.8. The van der Waals surface area contributed by atoms with E-state index in [1.54, 1.807) is 7.11 Å². The summed E-state index contributed by atoms with van der Waals surface area (Å²) in [6.45, 7) is 1.30. The molecular formula is C15H20Cl2N2O4S. The maximum Gasteiger partial charge on any atom is 0.244 e. The molecule has 0 saturated carbocycles. The van der Waals surface area contributed by atoms with Crippen molar-refractivity contribution in [3.8, 4) is 0 Å². The number of methoxy groups -OCH3 is 1. The predicted molar refractivity (Wildman–Crippen MR) is 92.8 cm³/mol. The minimum absolute atomic E-state index is 0.0305. The summed E-state index contributed by atoms with van der Waals surface area (Å²) >= 11 is 11.9. The Kier molecular flexibility index (Phi) is 6.88. The fraction of sp³-hybridized carbons (Fsp3) is 0.533. The van der Waals surface area contributed by atoms with E-state index in [9.17, 15) is 13.2 Å². The average Bonchev–Trinajstić information content (AvgIpc) is 2.57. The van der Waals surface area contributed by atoms with Crippen molar-refractivity contribution in [3.05, 3.63) is 28.2 Å². The quantitative estimate of drug-likeness (QED) is 0.749. The van der Waals surface area contributed by atoms with Crippen molar-refractivity contribution in [2.75, 3.05) is 33.4 Å². The van der Waals surface area contributed by atoms with Crippen LogP contribution >= 0.6 is 23.2 Å². The monoisotopic (exact) mass is 394 g/mol. The first-order valence-electron chi connectivity index (χ1n) is 7.58. The van der Waals surface area contributed by atoms with Gasteiger partial charge in [-0.15, -0.1) is 0 Å². The van der Waals surface area contributed by atoms with Gasteiger partial charge in [0.15, 0.2) is 0 Å². The number of hydrogen-bond donors (Lipinski definition) is 1. The summed E-state index contributed by atoms with van der Waals surface area (Å²) in [4.78, 5) is 12.1. The molecular weight excluding hydrogens is 375 g/mol. The van der Waals surface area contributed by atoms with E-state index >= 15 is 0 Å². The number of nitrogens with zero attached hydrogens (tertiary/aromatic N) is 1. The molecule has 1 N–H and O–H groups in total. The van der Waals surface area contributed by atoms with E-state index in [4.69, 9.17) is 27.9 Å². The molecule has 0 spiro atoms. The molecule has 9 heteroatoms. The Hall–Kier alpha value is -0.860. The Bertz CT molecular complexity index is 697. The van der Waals surface area contributed by atoms with Crippen LogP contribution in [0.3, 0.4) is 0 Å². The van der Waals surface area contributed by atoms with Gasteiger partial charge in [-0.3, -0.25) is 4.79 Å². The largest absolute Gasteiger partial charge is 0.383 e. The Balaban J connectivity index is 2.13. The van der Waals surface area contributed by atoms with E-state index in [-0.39, 0.29) is 28.3 Å². The molecule has 134 valence electrons. The minimum Gasteiger partial charge on any atom is -0.383 e. The van der Waals surface area contributed by atoms with Gasteiger partial charge >= 0.3 is 0 Å². The van der Waals surface area contributed by atoms with Crippen LogP contribution in [-0.2, 0) is 19.6 Å². The maximum atomic E-state index is 12.8. The molecule has 1 aromatic carbocycles. The second-order valence-corrected chi connectivity index (χ2v) is 8.31. The van der Waals surface area contributed by atoms with Crippen LogP contribution < -0.4 is 5.32 Å². The highest BCUT2D eigenvalue weighted by Gasteiger charge is 2.34. The summed E-state index contributed by atoms with van der Waals surface area (Å²) in [6, 6.07) is 4.32. The van der Waals surface area contributed by atoms with Crippen LogP contribution in [-0.4, -0.2) is 52.0 Å². The third kappa shape index (κ3) is 4.61. The number of sulfonamides is 1. The molecule has 0 unspecified atom stereocenters. The Labute approximate surface area is 152 Å². The molecule has 1 heterocycles. The number of nitrogens with one attached hydrogen (secondary N) is 1. The van der Waals surface area contributed by atoms with Crippen LogP contribution in [0.5, 0.6) is 0 Å². The van der Waals surface area contributed by atoms with E-state index < -0.39 is 10.0 Å². The standard InChI is InChI=1S/C15H20Cl2N2O4S/c1-23-8-6-18-15(20)11-3-2-7-19(10-11)24(21,22)14-9-12(16)4-5-13(14)17/h4-5,9,11H,2-3,6-8,10H2,1H3,(H,18,20)/t11-/m1/s1. The minimum atomic E-state index is -3.79. The smallest absolute Gasteiger partial charge is 0.244 e. The lowest BCUT2D eigenvalue weighted by atomic mass is 9.99. The summed E-state index contributed by atoms with van der Waals surface area (Å²) in [5.41, 5.74) is 0. The highest BCUT2D eigenvalue weighted by molar-refractivity contribution is 7.89. The molecule has 1 fully saturated rings. The number of carbonyl (C=O) groups excluding carboxylic acids is 1. The molecule has 2 rings (SSSR count). The van der Waals surface area contributed by atoms with Crippen LogP contribution in [0.4, 0.5) is 0 Å². The molecule has 1 aliphatic heterocycles. The van der Waals surface area contributed by atoms with Crippen LogP contribution in [0.25, 0.3) is 0 Å². The first-order valence-corrected chi connectivity index (χ1v) is 9.77. The van der Waals surface area contributed by atoms with Crippen molar-refractivity contribution in [1.82, 2.24) is 9.62 Å². The number of halogens is 2. The van der Waals surface area contributed by atoms with Crippen molar-refractivity contribution in [1.29, 1.82) is 0 Å². The van der Waals surface area contributed by atoms with E-state index in [1.807, 2.05) is 0 Å². The van der Waals surface area contributed by atoms with Crippen LogP contribution in [0.2, 0.25) is 10.0 Å². The molecule has 1 aromatic rings. The molecule has 1 aliphatic rings. The lowest BCUT2D eigenvalue weighted by Crippen LogP contribution is -2.45. The van der Waals surface area contributed by atoms with Gasteiger partial charge in [-0.1, -0.05) is 23.2 Å². The van der Waals surface area contributed by atoms with Crippen molar-refractivity contribution in [2.45, 2.75) is 17.7 Å². The molecule has 0 bridgehead atoms. The highest BCUT2D eigenvalue weighted by Crippen LogP contribution is 2.30. The number of rotatable bonds is 6. The van der Waals surface area contributed by atoms with Crippen LogP contribution in [0, 0.1) is 5.92 Å². The van der Waals surface area contributed by atoms with Gasteiger partial charge in [-0.2, -0.15) is 4.31 Å². The summed E-state index contributed by atoms with van der Waals surface area (Å²) in [6.07, 6.45) is 1.26. The van der Waals surface area contributed by atoms with Gasteiger partial charge in [-0.25, -0.2) is 8.42 Å². The number of amides is 1. The van der Waals surface area contributed by atoms with Crippen LogP contribution in [0.15, 0.2) is 23.1 Å². The normalized spacial score (nSPS) is 19.2. The van der Waals surface area contributed by atoms with Crippen molar-refractivity contribution in [2.24, 2.45) is 5.92 Å². The summed E-state index contributed by atoms with van der Waals surface area (Å²) in [5, 5.41) is 3.16. The summed E-state index contributed by atoms with van der Waals surface area (Å²) in [5.74, 6) is -0.549. The van der Waals surface area contributed by atoms with Gasteiger partial charge in [0.05, 0.1) is 17.5 Å². The number of piperidine rings is 1. The van der Waals surface area contributed by atoms with E-state index in [0.29, 0.717) is 37.6 Å². The summed E-state index contributed by atoms with van der Waals surface area (Å²) in [7, 11) is -2.24. The Morgan fingerprint density at radius 1 is 1.42 bits per heavy atom. The second-order valence-electron chi connectivity index (χ2n) is 5.56. The zero-order valence-corrected chi connectivity index (χ0v) is 15.6. The summed E-state index contributed by atoms with van der Waals surface area (Å²) < 4.78 is 31.8. The van der Waals surface area contributed by atoms with Gasteiger partial charge in [0.1, 0.15) is 4.90 Å². The first-order chi connectivity index (χ1) is 11.4. The first kappa shape index (κ1) is 19.5. The van der Waals surface area contributed by atoms with Crippen LogP contribution in [0.1, 0.15) is 12.8 Å². The molecule has 24 heavy (non-hydrogen) atoms. The van der Waals surface area contributed by atoms with Gasteiger partial charge in [0, 0.05) is 31.8 Å². The average molecular weight is 395 g/mol. The molecule has 1 atom stereocenters. The molecule has 0 aromatic heterocycles. The highest BCUT2D eigenvalue weighted by atomic mass is 35.5. The third-order valence-corrected chi connectivity index (χ3v) is 6.45. The predicted octanol–water partition coefficient (Wildman–Crippen LogP) is 2.16. The fourth-order valence-electron chi connectivity index (χ4n) is 2.61. The fourth-order valence-corrected chi connectivity index (χ4v) is 4.87. The molecule has 0 radical (unpaired) electrons. The van der Waals surface area contributed by atoms with E-state index in [2.05, 4.69) is 5.32 Å². The zero-order valence-electron chi connectivity index (χ0n) is 13.3. The second kappa shape index (κ2) is 8.49. The third-order valence-electron chi connectivity index (χ3n) is 3.87. The topological polar surface area (TPSA) is 75.7 Å². The lowest BCUT2D eigenvalue weighted by Gasteiger charge is -2.31. The van der Waals surface area contributed by atoms with E-state index in [0.717, 1.165) is 0 Å². The van der Waals surface area contributed by atoms with Crippen molar-refractivity contribution >= 4 is 39.1 Å². The Morgan fingerprint density at radius 2 is 2.17 bits per heavy atom. The van der Waals surface area contributed by atoms with E-state index in [1.165, 1.54) is 22.5 Å². The van der Waals surface area contributed by atoms with Crippen molar-refractivity contribution in [3.63, 3.8) is 0 Å². The van der Waals surface area contributed by atoms with Gasteiger partial charge in [0.2, 0.25) is 15.9 Å². The van der Waals surface area contributed by atoms with Crippen molar-refractivity contribution < 1.29 is 17.9 Å². The molecule has 0 aliphatic carbocycles. The van der Waals surface area contributed by atoms with Gasteiger partial charge in [-0.05, 0) is 31.0 Å². The molecule has 6 nitrogen and oxygen atoms in total. The zero-order chi connectivity index (χ0) is 17.7. The number of hydrogen-bond acceptors (Lipinski definition) is 4. The molecule has 1 amide bonds. The lowest BCUT2D eigenvalue weighted by molar-refractivity contribution is -0.126.